The SMILES string of the molecule is CC1=C[C@@H]2Cc3nc4cc(Cl)ccc4c(NCCCCCCNc4c5c(nc6cc(Cl)ccc46)C[C@@H]4C=C(C)C[C@H]5C4)c3[C@@H](C1)C2. The summed E-state index contributed by atoms with van der Waals surface area (Å²) in [7, 11) is 0. The van der Waals surface area contributed by atoms with Gasteiger partial charge in [-0.05, 0) is 125 Å². The fraction of sp³-hybridized carbons (Fsp3) is 0.450. The highest BCUT2D eigenvalue weighted by Gasteiger charge is 2.34. The number of nitrogens with one attached hydrogen (secondary N) is 2. The molecular weight excluding hydrogens is 607 g/mol. The quantitative estimate of drug-likeness (QED) is 0.140. The Bertz CT molecular complexity index is 1760. The molecule has 238 valence electrons. The Labute approximate surface area is 283 Å². The highest BCUT2D eigenvalue weighted by molar-refractivity contribution is 6.31. The van der Waals surface area contributed by atoms with Crippen LogP contribution in [0.1, 0.15) is 99.6 Å². The summed E-state index contributed by atoms with van der Waals surface area (Å²) >= 11 is 12.8. The lowest BCUT2D eigenvalue weighted by Crippen LogP contribution is -2.24. The van der Waals surface area contributed by atoms with Crippen LogP contribution in [0.15, 0.2) is 59.7 Å². The van der Waals surface area contributed by atoms with Gasteiger partial charge in [-0.2, -0.15) is 0 Å². The molecule has 4 aromatic rings. The van der Waals surface area contributed by atoms with Gasteiger partial charge in [0, 0.05) is 67.8 Å². The van der Waals surface area contributed by atoms with Gasteiger partial charge in [0.25, 0.3) is 0 Å². The van der Waals surface area contributed by atoms with Gasteiger partial charge in [-0.1, -0.05) is 59.3 Å². The maximum atomic E-state index is 6.41. The van der Waals surface area contributed by atoms with E-state index in [0.29, 0.717) is 23.7 Å². The van der Waals surface area contributed by atoms with Crippen LogP contribution >= 0.6 is 23.2 Å². The largest absolute Gasteiger partial charge is 0.384 e. The summed E-state index contributed by atoms with van der Waals surface area (Å²) in [6.45, 7) is 6.55. The number of fused-ring (bicyclic) bond motifs is 10. The van der Waals surface area contributed by atoms with Crippen LogP contribution in [0, 0.1) is 11.8 Å². The van der Waals surface area contributed by atoms with E-state index in [0.717, 1.165) is 72.7 Å². The van der Waals surface area contributed by atoms with E-state index in [9.17, 15) is 0 Å². The topological polar surface area (TPSA) is 49.8 Å². The number of halogens is 2. The van der Waals surface area contributed by atoms with Crippen LogP contribution in [0.3, 0.4) is 0 Å². The molecular formula is C40H44Cl2N4. The lowest BCUT2D eigenvalue weighted by atomic mass is 9.71. The van der Waals surface area contributed by atoms with E-state index in [2.05, 4.69) is 48.8 Å². The van der Waals surface area contributed by atoms with E-state index in [1.54, 1.807) is 0 Å². The van der Waals surface area contributed by atoms with E-state index < -0.39 is 0 Å². The number of benzene rings is 2. The Morgan fingerprint density at radius 2 is 1.09 bits per heavy atom. The van der Waals surface area contributed by atoms with Crippen molar-refractivity contribution >= 4 is 56.4 Å². The van der Waals surface area contributed by atoms with Crippen LogP contribution in [-0.2, 0) is 12.8 Å². The summed E-state index contributed by atoms with van der Waals surface area (Å²) in [5.74, 6) is 2.35. The number of pyridine rings is 2. The lowest BCUT2D eigenvalue weighted by Gasteiger charge is -2.36. The Hall–Kier alpha value is -3.08. The lowest BCUT2D eigenvalue weighted by molar-refractivity contribution is 0.433. The number of rotatable bonds is 9. The zero-order chi connectivity index (χ0) is 31.4. The molecule has 46 heavy (non-hydrogen) atoms. The van der Waals surface area contributed by atoms with Crippen LogP contribution in [0.25, 0.3) is 21.8 Å². The van der Waals surface area contributed by atoms with Gasteiger partial charge in [-0.15, -0.1) is 0 Å². The maximum Gasteiger partial charge on any atom is 0.0741 e. The molecule has 2 aromatic heterocycles. The molecule has 2 heterocycles. The molecule has 0 amide bonds. The van der Waals surface area contributed by atoms with E-state index in [1.165, 1.54) is 81.5 Å². The van der Waals surface area contributed by atoms with Crippen LogP contribution in [0.5, 0.6) is 0 Å². The van der Waals surface area contributed by atoms with Gasteiger partial charge in [0.05, 0.1) is 11.0 Å². The van der Waals surface area contributed by atoms with Crippen molar-refractivity contribution in [3.05, 3.63) is 92.3 Å². The Kier molecular flexibility index (Phi) is 8.23. The molecule has 0 radical (unpaired) electrons. The summed E-state index contributed by atoms with van der Waals surface area (Å²) in [5, 5.41) is 11.8. The molecule has 8 rings (SSSR count). The number of nitrogens with zero attached hydrogens (tertiary/aromatic N) is 2. The summed E-state index contributed by atoms with van der Waals surface area (Å²) in [5.41, 5.74) is 13.2. The fourth-order valence-electron chi connectivity index (χ4n) is 9.18. The van der Waals surface area contributed by atoms with Crippen LogP contribution < -0.4 is 10.6 Å². The Morgan fingerprint density at radius 3 is 1.54 bits per heavy atom. The number of unbranched alkanes of at least 4 members (excludes halogenated alkanes) is 3. The number of hydrogen-bond acceptors (Lipinski definition) is 4. The molecule has 4 aliphatic carbocycles. The number of anilines is 2. The average Bonchev–Trinajstić information content (AvgIpc) is 3.00. The second-order valence-electron chi connectivity index (χ2n) is 14.5. The molecule has 4 atom stereocenters. The molecule has 0 fully saturated rings. The van der Waals surface area contributed by atoms with Crippen molar-refractivity contribution in [1.82, 2.24) is 9.97 Å². The van der Waals surface area contributed by atoms with Gasteiger partial charge in [-0.25, -0.2) is 0 Å². The van der Waals surface area contributed by atoms with E-state index in [4.69, 9.17) is 33.2 Å². The van der Waals surface area contributed by atoms with Gasteiger partial charge >= 0.3 is 0 Å². The van der Waals surface area contributed by atoms with Crippen molar-refractivity contribution < 1.29 is 0 Å². The molecule has 0 unspecified atom stereocenters. The third-order valence-electron chi connectivity index (χ3n) is 10.9. The number of allylic oxidation sites excluding steroid dienone is 4. The first kappa shape index (κ1) is 30.3. The molecule has 4 aliphatic rings. The first-order valence-corrected chi connectivity index (χ1v) is 18.2. The minimum atomic E-state index is 0.561. The van der Waals surface area contributed by atoms with Crippen molar-refractivity contribution in [2.45, 2.75) is 89.9 Å². The highest BCUT2D eigenvalue weighted by atomic mass is 35.5. The van der Waals surface area contributed by atoms with Crippen LogP contribution in [-0.4, -0.2) is 23.1 Å². The van der Waals surface area contributed by atoms with Crippen molar-refractivity contribution in [1.29, 1.82) is 0 Å². The van der Waals surface area contributed by atoms with Gasteiger partial charge in [0.15, 0.2) is 0 Å². The molecule has 2 aromatic carbocycles. The smallest absolute Gasteiger partial charge is 0.0741 e. The Morgan fingerprint density at radius 1 is 0.630 bits per heavy atom. The minimum Gasteiger partial charge on any atom is -0.384 e. The highest BCUT2D eigenvalue weighted by Crippen LogP contribution is 2.49. The molecule has 6 heteroatoms. The first-order valence-electron chi connectivity index (χ1n) is 17.5. The number of hydrogen-bond donors (Lipinski definition) is 2. The fourth-order valence-corrected chi connectivity index (χ4v) is 9.51. The summed E-state index contributed by atoms with van der Waals surface area (Å²) in [6.07, 6.45) is 16.5. The van der Waals surface area contributed by atoms with Crippen LogP contribution in [0.2, 0.25) is 10.0 Å². The van der Waals surface area contributed by atoms with E-state index in [1.807, 2.05) is 24.3 Å². The van der Waals surface area contributed by atoms with Crippen LogP contribution in [0.4, 0.5) is 11.4 Å². The summed E-state index contributed by atoms with van der Waals surface area (Å²) in [6, 6.07) is 12.4. The first-order chi connectivity index (χ1) is 22.4. The van der Waals surface area contributed by atoms with E-state index >= 15 is 0 Å². The van der Waals surface area contributed by atoms with Gasteiger partial charge in [0.1, 0.15) is 0 Å². The van der Waals surface area contributed by atoms with Gasteiger partial charge in [0.2, 0.25) is 0 Å². The molecule has 4 nitrogen and oxygen atoms in total. The molecule has 0 saturated carbocycles. The third-order valence-corrected chi connectivity index (χ3v) is 11.4. The molecule has 2 N–H and O–H groups in total. The Balaban J connectivity index is 0.920. The average molecular weight is 652 g/mol. The van der Waals surface area contributed by atoms with Crippen molar-refractivity contribution in [2.24, 2.45) is 11.8 Å². The second-order valence-corrected chi connectivity index (χ2v) is 15.4. The minimum absolute atomic E-state index is 0.561. The van der Waals surface area contributed by atoms with Gasteiger partial charge < -0.3 is 10.6 Å². The molecule has 0 aliphatic heterocycles. The predicted molar refractivity (Wildman–Crippen MR) is 195 cm³/mol. The molecule has 0 spiro atoms. The molecule has 0 saturated heterocycles. The standard InChI is InChI=1S/C40H44Cl2N4/c1-23-13-25-17-27(15-23)37-35(19-25)45-33-21-29(41)7-9-31(33)39(37)43-11-5-3-4-6-12-44-40-32-10-8-30(42)22-34(32)46-36-20-26-14-24(2)16-28(18-26)38(36)40/h7-10,13-14,21-22,25-28H,3-6,11-12,15-20H2,1-2H3,(H,43,45)(H,44,46)/t25-,26+,27-,28-/m0/s1. The van der Waals surface area contributed by atoms with Crippen molar-refractivity contribution in [2.75, 3.05) is 23.7 Å². The number of aromatic nitrogens is 2. The van der Waals surface area contributed by atoms with E-state index in [-0.39, 0.29) is 0 Å². The van der Waals surface area contributed by atoms with Gasteiger partial charge in [-0.3, -0.25) is 9.97 Å². The third kappa shape index (κ3) is 5.81. The second kappa shape index (κ2) is 12.5. The predicted octanol–water partition coefficient (Wildman–Crippen LogP) is 11.2. The summed E-state index contributed by atoms with van der Waals surface area (Å²) in [4.78, 5) is 10.3. The normalized spacial score (nSPS) is 23.0. The zero-order valence-electron chi connectivity index (χ0n) is 27.1. The van der Waals surface area contributed by atoms with Crippen molar-refractivity contribution in [3.63, 3.8) is 0 Å². The van der Waals surface area contributed by atoms with Crippen molar-refractivity contribution in [3.8, 4) is 0 Å². The maximum absolute atomic E-state index is 6.41. The summed E-state index contributed by atoms with van der Waals surface area (Å²) < 4.78 is 0. The molecule has 4 bridgehead atoms. The monoisotopic (exact) mass is 650 g/mol. The zero-order valence-corrected chi connectivity index (χ0v) is 28.6.